The van der Waals surface area contributed by atoms with Gasteiger partial charge in [0.15, 0.2) is 0 Å². The molecular weight excluding hydrogens is 216 g/mol. The van der Waals surface area contributed by atoms with Crippen LogP contribution in [0.1, 0.15) is 32.5 Å². The fourth-order valence-electron chi connectivity index (χ4n) is 2.28. The van der Waals surface area contributed by atoms with Gasteiger partial charge in [0.25, 0.3) is 0 Å². The summed E-state index contributed by atoms with van der Waals surface area (Å²) in [5, 5.41) is 13.9. The molecule has 0 aliphatic carbocycles. The SMILES string of the molecule is CC(C)Cn1ncnc1CN1CCC[C@H](O)C1. The van der Waals surface area contributed by atoms with Crippen molar-refractivity contribution in [2.45, 2.75) is 45.9 Å². The summed E-state index contributed by atoms with van der Waals surface area (Å²) in [5.74, 6) is 1.58. The number of likely N-dealkylation sites (tertiary alicyclic amines) is 1. The number of hydrogen-bond acceptors (Lipinski definition) is 4. The second kappa shape index (κ2) is 5.60. The summed E-state index contributed by atoms with van der Waals surface area (Å²) < 4.78 is 1.98. The van der Waals surface area contributed by atoms with Crippen LogP contribution in [0.2, 0.25) is 0 Å². The highest BCUT2D eigenvalue weighted by Gasteiger charge is 2.19. The van der Waals surface area contributed by atoms with Gasteiger partial charge in [0.1, 0.15) is 12.2 Å². The lowest BCUT2D eigenvalue weighted by Gasteiger charge is -2.29. The Hall–Kier alpha value is -0.940. The highest BCUT2D eigenvalue weighted by molar-refractivity contribution is 4.86. The van der Waals surface area contributed by atoms with Crippen molar-refractivity contribution in [1.82, 2.24) is 19.7 Å². The van der Waals surface area contributed by atoms with Crippen LogP contribution in [0.4, 0.5) is 0 Å². The van der Waals surface area contributed by atoms with Crippen molar-refractivity contribution in [2.24, 2.45) is 5.92 Å². The van der Waals surface area contributed by atoms with E-state index >= 15 is 0 Å². The predicted octanol–water partition coefficient (Wildman–Crippen LogP) is 0.891. The number of β-amino-alcohol motifs (C(OH)–C–C–N with tert-alkyl or cyclic N) is 1. The first-order chi connectivity index (χ1) is 8.15. The van der Waals surface area contributed by atoms with E-state index in [0.29, 0.717) is 5.92 Å². The largest absolute Gasteiger partial charge is 0.392 e. The van der Waals surface area contributed by atoms with Crippen LogP contribution < -0.4 is 0 Å². The van der Waals surface area contributed by atoms with Crippen LogP contribution in [-0.2, 0) is 13.1 Å². The molecule has 0 aromatic carbocycles. The Balaban J connectivity index is 1.95. The van der Waals surface area contributed by atoms with Gasteiger partial charge in [-0.15, -0.1) is 0 Å². The molecule has 1 aliphatic rings. The molecule has 0 saturated carbocycles. The molecule has 2 heterocycles. The van der Waals surface area contributed by atoms with Gasteiger partial charge in [-0.3, -0.25) is 4.90 Å². The Labute approximate surface area is 102 Å². The standard InChI is InChI=1S/C12H22N4O/c1-10(2)6-16-12(13-9-14-16)8-15-5-3-4-11(17)7-15/h9-11,17H,3-8H2,1-2H3/t11-/m0/s1. The van der Waals surface area contributed by atoms with Crippen molar-refractivity contribution in [2.75, 3.05) is 13.1 Å². The second-order valence-corrected chi connectivity index (χ2v) is 5.28. The smallest absolute Gasteiger partial charge is 0.141 e. The summed E-state index contributed by atoms with van der Waals surface area (Å²) in [4.78, 5) is 6.58. The Kier molecular flexibility index (Phi) is 4.12. The third kappa shape index (κ3) is 3.51. The average Bonchev–Trinajstić information content (AvgIpc) is 2.65. The number of rotatable bonds is 4. The number of hydrogen-bond donors (Lipinski definition) is 1. The molecule has 1 N–H and O–H groups in total. The molecule has 0 bridgehead atoms. The number of nitrogens with zero attached hydrogens (tertiary/aromatic N) is 4. The summed E-state index contributed by atoms with van der Waals surface area (Å²) >= 11 is 0. The maximum absolute atomic E-state index is 9.64. The maximum Gasteiger partial charge on any atom is 0.141 e. The van der Waals surface area contributed by atoms with E-state index in [9.17, 15) is 5.11 Å². The fraction of sp³-hybridized carbons (Fsp3) is 0.833. The van der Waals surface area contributed by atoms with Crippen LogP contribution in [0.5, 0.6) is 0 Å². The third-order valence-corrected chi connectivity index (χ3v) is 3.08. The van der Waals surface area contributed by atoms with E-state index in [0.717, 1.165) is 44.8 Å². The van der Waals surface area contributed by atoms with E-state index in [1.165, 1.54) is 0 Å². The van der Waals surface area contributed by atoms with E-state index in [4.69, 9.17) is 0 Å². The zero-order chi connectivity index (χ0) is 12.3. The van der Waals surface area contributed by atoms with Crippen LogP contribution in [0.3, 0.4) is 0 Å². The quantitative estimate of drug-likeness (QED) is 0.846. The van der Waals surface area contributed by atoms with E-state index in [1.807, 2.05) is 4.68 Å². The molecular formula is C12H22N4O. The third-order valence-electron chi connectivity index (χ3n) is 3.08. The van der Waals surface area contributed by atoms with Crippen LogP contribution >= 0.6 is 0 Å². The zero-order valence-electron chi connectivity index (χ0n) is 10.7. The van der Waals surface area contributed by atoms with Crippen LogP contribution in [0, 0.1) is 5.92 Å². The Morgan fingerprint density at radius 2 is 2.35 bits per heavy atom. The lowest BCUT2D eigenvalue weighted by Crippen LogP contribution is -2.38. The molecule has 5 heteroatoms. The minimum absolute atomic E-state index is 0.176. The minimum Gasteiger partial charge on any atom is -0.392 e. The van der Waals surface area contributed by atoms with Gasteiger partial charge in [0.05, 0.1) is 12.6 Å². The van der Waals surface area contributed by atoms with Crippen molar-refractivity contribution in [3.8, 4) is 0 Å². The average molecular weight is 238 g/mol. The molecule has 1 atom stereocenters. The van der Waals surface area contributed by atoms with Crippen molar-refractivity contribution >= 4 is 0 Å². The van der Waals surface area contributed by atoms with E-state index in [2.05, 4.69) is 28.8 Å². The minimum atomic E-state index is -0.176. The zero-order valence-corrected chi connectivity index (χ0v) is 10.7. The molecule has 1 fully saturated rings. The molecule has 0 unspecified atom stereocenters. The number of aliphatic hydroxyl groups excluding tert-OH is 1. The van der Waals surface area contributed by atoms with Gasteiger partial charge in [-0.1, -0.05) is 13.8 Å². The van der Waals surface area contributed by atoms with Crippen LogP contribution in [0.25, 0.3) is 0 Å². The summed E-state index contributed by atoms with van der Waals surface area (Å²) in [6.45, 7) is 7.86. The van der Waals surface area contributed by atoms with E-state index in [1.54, 1.807) is 6.33 Å². The van der Waals surface area contributed by atoms with Gasteiger partial charge >= 0.3 is 0 Å². The molecule has 2 rings (SSSR count). The second-order valence-electron chi connectivity index (χ2n) is 5.28. The maximum atomic E-state index is 9.64. The molecule has 17 heavy (non-hydrogen) atoms. The van der Waals surface area contributed by atoms with Gasteiger partial charge < -0.3 is 5.11 Å². The van der Waals surface area contributed by atoms with Crippen molar-refractivity contribution in [3.63, 3.8) is 0 Å². The molecule has 1 aromatic rings. The molecule has 96 valence electrons. The van der Waals surface area contributed by atoms with Gasteiger partial charge in [0, 0.05) is 13.1 Å². The van der Waals surface area contributed by atoms with Gasteiger partial charge in [-0.05, 0) is 25.3 Å². The first-order valence-electron chi connectivity index (χ1n) is 6.42. The lowest BCUT2D eigenvalue weighted by atomic mass is 10.1. The molecule has 0 radical (unpaired) electrons. The predicted molar refractivity (Wildman–Crippen MR) is 65.4 cm³/mol. The van der Waals surface area contributed by atoms with Crippen molar-refractivity contribution in [1.29, 1.82) is 0 Å². The highest BCUT2D eigenvalue weighted by Crippen LogP contribution is 2.12. The van der Waals surface area contributed by atoms with Gasteiger partial charge in [-0.25, -0.2) is 9.67 Å². The summed E-state index contributed by atoms with van der Waals surface area (Å²) in [5.41, 5.74) is 0. The first-order valence-corrected chi connectivity index (χ1v) is 6.42. The fourth-order valence-corrected chi connectivity index (χ4v) is 2.28. The van der Waals surface area contributed by atoms with E-state index in [-0.39, 0.29) is 6.10 Å². The Morgan fingerprint density at radius 3 is 3.06 bits per heavy atom. The van der Waals surface area contributed by atoms with Crippen molar-refractivity contribution in [3.05, 3.63) is 12.2 Å². The Bertz CT molecular complexity index is 350. The molecule has 1 aliphatic heterocycles. The highest BCUT2D eigenvalue weighted by atomic mass is 16.3. The number of aliphatic hydroxyl groups is 1. The molecule has 0 amide bonds. The molecule has 1 saturated heterocycles. The lowest BCUT2D eigenvalue weighted by molar-refractivity contribution is 0.0646. The Morgan fingerprint density at radius 1 is 1.53 bits per heavy atom. The van der Waals surface area contributed by atoms with Crippen molar-refractivity contribution < 1.29 is 5.11 Å². The van der Waals surface area contributed by atoms with Crippen LogP contribution in [0.15, 0.2) is 6.33 Å². The molecule has 0 spiro atoms. The van der Waals surface area contributed by atoms with Crippen LogP contribution in [-0.4, -0.2) is 44.0 Å². The normalized spacial score (nSPS) is 22.2. The summed E-state index contributed by atoms with van der Waals surface area (Å²) in [6.07, 6.45) is 3.44. The number of piperidine rings is 1. The summed E-state index contributed by atoms with van der Waals surface area (Å²) in [6, 6.07) is 0. The van der Waals surface area contributed by atoms with Gasteiger partial charge in [0.2, 0.25) is 0 Å². The van der Waals surface area contributed by atoms with E-state index < -0.39 is 0 Å². The van der Waals surface area contributed by atoms with Gasteiger partial charge in [-0.2, -0.15) is 5.10 Å². The summed E-state index contributed by atoms with van der Waals surface area (Å²) in [7, 11) is 0. The monoisotopic (exact) mass is 238 g/mol. The number of aromatic nitrogens is 3. The topological polar surface area (TPSA) is 54.2 Å². The first kappa shape index (κ1) is 12.5. The molecule has 1 aromatic heterocycles. The molecule has 5 nitrogen and oxygen atoms in total.